The Morgan fingerprint density at radius 3 is 2.34 bits per heavy atom. The number of aliphatic hydroxyl groups excluding tert-OH is 1. The summed E-state index contributed by atoms with van der Waals surface area (Å²) < 4.78 is 33.0. The van der Waals surface area contributed by atoms with Crippen LogP contribution < -0.4 is 0 Å². The molecule has 1 aromatic carbocycles. The lowest BCUT2D eigenvalue weighted by atomic mass is 9.73. The smallest absolute Gasteiger partial charge is 0.316 e. The number of ketones is 1. The molecule has 1 aromatic rings. The Morgan fingerprint density at radius 2 is 1.73 bits per heavy atom. The molecule has 0 radical (unpaired) electrons. The standard InChI is InChI=1S/C47H72N2O10/c1-14-37-47(12,54)42-30(4)38(48-33(7)50)28(2)26-46(11,56-27-35(23-24-55-42)22-18-21-34-19-16-15-17-20-34)41(31(5)39(51)32(6)43(53)58-37)59-44-40(52)36(25-29(3)57-44)49(13)45(8,9)10/h15-22,28-32,36-37,40-42,44,52,54H,14,23-27H2,1-13H3/b21-18+,35-22+,48-38?/t28-,29-,30+,31+,32-,36+,37-,40-,41-,42-,44+,46-,47-/m1/s1. The monoisotopic (exact) mass is 825 g/mol. The Bertz CT molecular complexity index is 1680. The van der Waals surface area contributed by atoms with E-state index in [-0.39, 0.29) is 43.7 Å². The van der Waals surface area contributed by atoms with Crippen molar-refractivity contribution in [3.05, 3.63) is 53.6 Å². The summed E-state index contributed by atoms with van der Waals surface area (Å²) in [4.78, 5) is 48.1. The molecule has 0 spiro atoms. The number of ether oxygens (including phenoxy) is 5. The SMILES string of the molecule is CC[C@H]1OC(=O)[C@H](C)C(=O)[C@H](C)[C@@H](O[C@@H]2O[C@H](C)C[C@H](N(C)C(C)(C)C)[C@H]2O)[C@@]2(C)C[C@@H](C)C(=NC(C)=O)[C@H](C)[C@@H](OCC/C(=C\C=C\c3ccccc3)CO2)[C@]1(C)O. The normalized spacial score (nSPS) is 38.7. The highest BCUT2D eigenvalue weighted by atomic mass is 16.7. The molecule has 3 saturated heterocycles. The molecule has 13 atom stereocenters. The molecule has 3 fully saturated rings. The van der Waals surface area contributed by atoms with E-state index in [1.165, 1.54) is 13.8 Å². The van der Waals surface area contributed by atoms with Crippen LogP contribution in [0.1, 0.15) is 114 Å². The summed E-state index contributed by atoms with van der Waals surface area (Å²) in [5.41, 5.74) is -0.964. The summed E-state index contributed by atoms with van der Waals surface area (Å²) in [6.07, 6.45) is 1.67. The van der Waals surface area contributed by atoms with E-state index in [1.807, 2.05) is 83.3 Å². The molecular formula is C47H72N2O10. The lowest BCUT2D eigenvalue weighted by Crippen LogP contribution is -2.62. The minimum Gasteiger partial charge on any atom is -0.459 e. The number of likely N-dealkylation sites (N-methyl/N-ethyl adjacent to an activating group) is 1. The number of allylic oxidation sites excluding steroid dienone is 2. The summed E-state index contributed by atoms with van der Waals surface area (Å²) in [6, 6.07) is 9.60. The molecule has 2 N–H and O–H groups in total. The van der Waals surface area contributed by atoms with Gasteiger partial charge in [0.1, 0.15) is 23.7 Å². The van der Waals surface area contributed by atoms with E-state index < -0.39 is 83.2 Å². The molecule has 12 heteroatoms. The second kappa shape index (κ2) is 20.2. The van der Waals surface area contributed by atoms with Crippen molar-refractivity contribution >= 4 is 29.4 Å². The van der Waals surface area contributed by atoms with Gasteiger partial charge in [0.2, 0.25) is 5.91 Å². The zero-order valence-electron chi connectivity index (χ0n) is 37.8. The third-order valence-corrected chi connectivity index (χ3v) is 12.7. The van der Waals surface area contributed by atoms with Gasteiger partial charge in [0.15, 0.2) is 12.1 Å². The quantitative estimate of drug-likeness (QED) is 0.232. The summed E-state index contributed by atoms with van der Waals surface area (Å²) >= 11 is 0. The van der Waals surface area contributed by atoms with Crippen LogP contribution >= 0.6 is 0 Å². The van der Waals surface area contributed by atoms with Crippen molar-refractivity contribution in [2.75, 3.05) is 20.3 Å². The number of carbonyl (C=O) groups is 3. The first-order valence-electron chi connectivity index (χ1n) is 21.5. The first-order valence-corrected chi connectivity index (χ1v) is 21.5. The van der Waals surface area contributed by atoms with Crippen molar-refractivity contribution < 1.29 is 48.3 Å². The molecule has 12 nitrogen and oxygen atoms in total. The Morgan fingerprint density at radius 1 is 1.07 bits per heavy atom. The summed E-state index contributed by atoms with van der Waals surface area (Å²) in [5, 5.41) is 24.4. The molecule has 2 bridgehead atoms. The van der Waals surface area contributed by atoms with Gasteiger partial charge in [0.05, 0.1) is 37.1 Å². The minimum absolute atomic E-state index is 0.108. The maximum atomic E-state index is 14.6. The van der Waals surface area contributed by atoms with Gasteiger partial charge >= 0.3 is 5.97 Å². The lowest BCUT2D eigenvalue weighted by Gasteiger charge is -2.50. The first kappa shape index (κ1) is 48.6. The number of cyclic esters (lactones) is 1. The number of aliphatic hydroxyl groups is 2. The molecule has 3 aliphatic rings. The number of aliphatic imine (C=N–C) groups is 1. The zero-order valence-corrected chi connectivity index (χ0v) is 37.8. The highest BCUT2D eigenvalue weighted by molar-refractivity contribution is 6.00. The minimum atomic E-state index is -1.76. The third-order valence-electron chi connectivity index (χ3n) is 12.7. The molecule has 0 aromatic heterocycles. The predicted octanol–water partition coefficient (Wildman–Crippen LogP) is 6.75. The average Bonchev–Trinajstić information content (AvgIpc) is 3.17. The van der Waals surface area contributed by atoms with Crippen LogP contribution in [0.5, 0.6) is 0 Å². The molecule has 0 saturated carbocycles. The van der Waals surface area contributed by atoms with Gasteiger partial charge in [-0.1, -0.05) is 76.3 Å². The predicted molar refractivity (Wildman–Crippen MR) is 229 cm³/mol. The molecule has 0 unspecified atom stereocenters. The van der Waals surface area contributed by atoms with Crippen LogP contribution in [0.2, 0.25) is 0 Å². The van der Waals surface area contributed by atoms with E-state index in [0.29, 0.717) is 18.6 Å². The fourth-order valence-corrected chi connectivity index (χ4v) is 9.08. The van der Waals surface area contributed by atoms with Gasteiger partial charge in [-0.05, 0) is 98.3 Å². The van der Waals surface area contributed by atoms with Crippen LogP contribution in [0.4, 0.5) is 0 Å². The Hall–Kier alpha value is -3.10. The second-order valence-corrected chi connectivity index (χ2v) is 18.6. The van der Waals surface area contributed by atoms with Crippen LogP contribution in [-0.4, -0.2) is 118 Å². The number of hydrogen-bond acceptors (Lipinski definition) is 11. The summed E-state index contributed by atoms with van der Waals surface area (Å²) in [6.45, 7) is 22.1. The number of Topliss-reactive ketones (excluding diaryl/α,β-unsaturated/α-hetero) is 1. The van der Waals surface area contributed by atoms with Crippen molar-refractivity contribution in [2.45, 2.75) is 168 Å². The summed E-state index contributed by atoms with van der Waals surface area (Å²) in [7, 11) is 1.97. The number of hydrogen-bond donors (Lipinski definition) is 2. The maximum Gasteiger partial charge on any atom is 0.316 e. The van der Waals surface area contributed by atoms with Crippen molar-refractivity contribution in [3.8, 4) is 0 Å². The fourth-order valence-electron chi connectivity index (χ4n) is 9.08. The van der Waals surface area contributed by atoms with E-state index in [4.69, 9.17) is 23.7 Å². The molecule has 3 aliphatic heterocycles. The number of fused-ring (bicyclic) bond motifs is 5. The van der Waals surface area contributed by atoms with Gasteiger partial charge < -0.3 is 33.9 Å². The first-order chi connectivity index (χ1) is 27.5. The van der Waals surface area contributed by atoms with Gasteiger partial charge in [0.25, 0.3) is 0 Å². The van der Waals surface area contributed by atoms with Crippen LogP contribution in [0.25, 0.3) is 6.08 Å². The van der Waals surface area contributed by atoms with E-state index in [0.717, 1.165) is 11.1 Å². The largest absolute Gasteiger partial charge is 0.459 e. The number of benzene rings is 1. The maximum absolute atomic E-state index is 14.6. The van der Waals surface area contributed by atoms with E-state index in [9.17, 15) is 24.6 Å². The van der Waals surface area contributed by atoms with Gasteiger partial charge in [-0.3, -0.25) is 19.3 Å². The van der Waals surface area contributed by atoms with Gasteiger partial charge in [-0.2, -0.15) is 0 Å². The lowest BCUT2D eigenvalue weighted by molar-refractivity contribution is -0.299. The van der Waals surface area contributed by atoms with Gasteiger partial charge in [-0.15, -0.1) is 0 Å². The molecule has 59 heavy (non-hydrogen) atoms. The highest BCUT2D eigenvalue weighted by Crippen LogP contribution is 2.41. The van der Waals surface area contributed by atoms with Gasteiger partial charge in [-0.25, -0.2) is 4.99 Å². The van der Waals surface area contributed by atoms with E-state index in [2.05, 4.69) is 30.7 Å². The van der Waals surface area contributed by atoms with Crippen molar-refractivity contribution in [1.82, 2.24) is 4.90 Å². The van der Waals surface area contributed by atoms with Gasteiger partial charge in [0, 0.05) is 36.1 Å². The number of rotatable bonds is 6. The number of amides is 1. The average molecular weight is 825 g/mol. The third kappa shape index (κ3) is 11.8. The van der Waals surface area contributed by atoms with Crippen LogP contribution in [0, 0.1) is 23.7 Å². The zero-order chi connectivity index (χ0) is 44.0. The van der Waals surface area contributed by atoms with Crippen molar-refractivity contribution in [2.24, 2.45) is 28.7 Å². The van der Waals surface area contributed by atoms with E-state index >= 15 is 0 Å². The number of esters is 1. The second-order valence-electron chi connectivity index (χ2n) is 18.6. The van der Waals surface area contributed by atoms with E-state index in [1.54, 1.807) is 20.8 Å². The number of carbonyl (C=O) groups excluding carboxylic acids is 3. The Labute approximate surface area is 352 Å². The molecule has 4 rings (SSSR count). The molecule has 3 heterocycles. The molecular weight excluding hydrogens is 753 g/mol. The summed E-state index contributed by atoms with van der Waals surface area (Å²) in [5.74, 6) is -5.00. The van der Waals surface area contributed by atoms with Crippen LogP contribution in [-0.2, 0) is 38.1 Å². The molecule has 1 amide bonds. The number of nitrogens with zero attached hydrogens (tertiary/aromatic N) is 2. The molecule has 330 valence electrons. The highest BCUT2D eigenvalue weighted by Gasteiger charge is 2.53. The fraction of sp³-hybridized carbons (Fsp3) is 0.702. The topological polar surface area (TPSA) is 153 Å². The van der Waals surface area contributed by atoms with Crippen LogP contribution in [0.3, 0.4) is 0 Å². The van der Waals surface area contributed by atoms with Crippen LogP contribution in [0.15, 0.2) is 53.0 Å². The Balaban J connectivity index is 1.96. The Kier molecular flexibility index (Phi) is 16.6. The van der Waals surface area contributed by atoms with Crippen molar-refractivity contribution in [3.63, 3.8) is 0 Å². The van der Waals surface area contributed by atoms with Crippen molar-refractivity contribution in [1.29, 1.82) is 0 Å². The molecule has 0 aliphatic carbocycles.